The van der Waals surface area contributed by atoms with E-state index in [9.17, 15) is 14.7 Å². The minimum absolute atomic E-state index is 0.0244. The molecule has 0 saturated heterocycles. The lowest BCUT2D eigenvalue weighted by Gasteiger charge is -2.21. The molecule has 0 aliphatic rings. The molecule has 8 heteroatoms. The van der Waals surface area contributed by atoms with Gasteiger partial charge in [-0.3, -0.25) is 9.59 Å². The van der Waals surface area contributed by atoms with Gasteiger partial charge in [-0.2, -0.15) is 0 Å². The van der Waals surface area contributed by atoms with E-state index in [1.165, 1.54) is 49.6 Å². The number of hydrogen-bond donors (Lipinski definition) is 2. The average Bonchev–Trinajstić information content (AvgIpc) is 2.68. The second kappa shape index (κ2) is 14.7. The number of carbonyl (C=O) groups excluding carboxylic acids is 1. The number of aromatic nitrogens is 2. The monoisotopic (exact) mass is 427 g/mol. The van der Waals surface area contributed by atoms with Crippen molar-refractivity contribution in [1.82, 2.24) is 14.9 Å². The van der Waals surface area contributed by atoms with Crippen molar-refractivity contribution in [2.75, 3.05) is 12.4 Å². The molecular weight excluding hydrogens is 394 g/mol. The van der Waals surface area contributed by atoms with E-state index in [1.807, 2.05) is 6.92 Å². The lowest BCUT2D eigenvalue weighted by atomic mass is 10.1. The fourth-order valence-electron chi connectivity index (χ4n) is 2.64. The van der Waals surface area contributed by atoms with Gasteiger partial charge in [-0.15, -0.1) is 0 Å². The van der Waals surface area contributed by atoms with Crippen LogP contribution in [0.4, 0.5) is 0 Å². The molecule has 0 saturated carbocycles. The highest BCUT2D eigenvalue weighted by atomic mass is 33.1. The summed E-state index contributed by atoms with van der Waals surface area (Å²) in [5.41, 5.74) is 0.968. The van der Waals surface area contributed by atoms with Crippen LogP contribution in [-0.2, 0) is 11.3 Å². The Kier molecular flexibility index (Phi) is 13.0. The molecule has 1 aromatic heterocycles. The first-order valence-corrected chi connectivity index (χ1v) is 12.2. The molecule has 6 nitrogen and oxygen atoms in total. The summed E-state index contributed by atoms with van der Waals surface area (Å²) >= 11 is 0. The smallest absolute Gasteiger partial charge is 0.255 e. The van der Waals surface area contributed by atoms with Crippen LogP contribution >= 0.6 is 21.6 Å². The summed E-state index contributed by atoms with van der Waals surface area (Å²) in [4.78, 5) is 32.9. The molecular formula is C20H33N3O3S2. The van der Waals surface area contributed by atoms with Crippen LogP contribution in [0.2, 0.25) is 0 Å². The lowest BCUT2D eigenvalue weighted by Crippen LogP contribution is -2.26. The summed E-state index contributed by atoms with van der Waals surface area (Å²) in [5, 5.41) is 9.40. The van der Waals surface area contributed by atoms with Gasteiger partial charge in [0.1, 0.15) is 5.82 Å². The zero-order valence-electron chi connectivity index (χ0n) is 17.2. The van der Waals surface area contributed by atoms with Gasteiger partial charge in [-0.05, 0) is 20.3 Å². The molecule has 0 aliphatic heterocycles. The van der Waals surface area contributed by atoms with Gasteiger partial charge in [0.25, 0.3) is 5.56 Å². The van der Waals surface area contributed by atoms with E-state index in [-0.39, 0.29) is 18.7 Å². The number of rotatable bonds is 15. The number of nitrogens with one attached hydrogen (secondary N) is 1. The van der Waals surface area contributed by atoms with E-state index < -0.39 is 0 Å². The first-order valence-electron chi connectivity index (χ1n) is 9.90. The molecule has 0 aromatic carbocycles. The van der Waals surface area contributed by atoms with Crippen molar-refractivity contribution >= 4 is 28.0 Å². The van der Waals surface area contributed by atoms with Crippen LogP contribution in [0.5, 0.6) is 0 Å². The van der Waals surface area contributed by atoms with Crippen molar-refractivity contribution in [2.45, 2.75) is 72.3 Å². The molecule has 158 valence electrons. The number of aromatic amines is 1. The molecule has 1 heterocycles. The largest absolute Gasteiger partial charge is 0.396 e. The standard InChI is InChI=1S/C20H33N3O3S2/c1-4-5-6-7-8-9-12-27-28-19(10-11-24)16(2)23(15-25)14-18-13-21-17(3)22-20(18)26/h13,15,24H,4-12,14H2,1-3H3,(H,21,22,26)/b19-16-. The molecule has 1 amide bonds. The van der Waals surface area contributed by atoms with Crippen molar-refractivity contribution in [2.24, 2.45) is 0 Å². The first-order chi connectivity index (χ1) is 13.5. The summed E-state index contributed by atoms with van der Waals surface area (Å²) in [7, 11) is 3.38. The van der Waals surface area contributed by atoms with Gasteiger partial charge < -0.3 is 15.0 Å². The number of allylic oxidation sites excluding steroid dienone is 1. The molecule has 1 rings (SSSR count). The highest BCUT2D eigenvalue weighted by Crippen LogP contribution is 2.36. The summed E-state index contributed by atoms with van der Waals surface area (Å²) in [6, 6.07) is 0. The Morgan fingerprint density at radius 1 is 1.29 bits per heavy atom. The molecule has 0 aliphatic carbocycles. The third kappa shape index (κ3) is 9.30. The van der Waals surface area contributed by atoms with Crippen LogP contribution in [0, 0.1) is 6.92 Å². The minimum Gasteiger partial charge on any atom is -0.396 e. The zero-order chi connectivity index (χ0) is 20.8. The number of aliphatic hydroxyl groups is 1. The lowest BCUT2D eigenvalue weighted by molar-refractivity contribution is -0.116. The molecule has 0 unspecified atom stereocenters. The van der Waals surface area contributed by atoms with Gasteiger partial charge in [-0.25, -0.2) is 4.98 Å². The Balaban J connectivity index is 2.64. The molecule has 0 radical (unpaired) electrons. The zero-order valence-corrected chi connectivity index (χ0v) is 18.8. The van der Waals surface area contributed by atoms with Crippen LogP contribution in [0.3, 0.4) is 0 Å². The normalized spacial score (nSPS) is 12.0. The van der Waals surface area contributed by atoms with E-state index >= 15 is 0 Å². The van der Waals surface area contributed by atoms with Crippen molar-refractivity contribution in [3.8, 4) is 0 Å². The molecule has 28 heavy (non-hydrogen) atoms. The number of H-pyrrole nitrogens is 1. The maximum atomic E-state index is 12.0. The summed E-state index contributed by atoms with van der Waals surface area (Å²) in [6.45, 7) is 5.97. The van der Waals surface area contributed by atoms with Gasteiger partial charge in [-0.1, -0.05) is 60.6 Å². The number of hydrogen-bond acceptors (Lipinski definition) is 6. The third-order valence-corrected chi connectivity index (χ3v) is 7.11. The average molecular weight is 428 g/mol. The van der Waals surface area contributed by atoms with E-state index in [0.717, 1.165) is 22.8 Å². The Bertz CT molecular complexity index is 677. The minimum atomic E-state index is -0.235. The van der Waals surface area contributed by atoms with Gasteiger partial charge in [0.05, 0.1) is 12.1 Å². The topological polar surface area (TPSA) is 86.3 Å². The van der Waals surface area contributed by atoms with E-state index in [2.05, 4.69) is 16.9 Å². The highest BCUT2D eigenvalue weighted by molar-refractivity contribution is 8.78. The number of unbranched alkanes of at least 4 members (excludes halogenated alkanes) is 5. The molecule has 0 fully saturated rings. The maximum absolute atomic E-state index is 12.0. The van der Waals surface area contributed by atoms with Gasteiger partial charge in [0.15, 0.2) is 0 Å². The van der Waals surface area contributed by atoms with Crippen molar-refractivity contribution in [1.29, 1.82) is 0 Å². The Morgan fingerprint density at radius 3 is 2.64 bits per heavy atom. The van der Waals surface area contributed by atoms with Crippen LogP contribution in [0.15, 0.2) is 21.6 Å². The highest BCUT2D eigenvalue weighted by Gasteiger charge is 2.14. The number of amides is 1. The number of aryl methyl sites for hydroxylation is 1. The van der Waals surface area contributed by atoms with Crippen molar-refractivity contribution in [3.63, 3.8) is 0 Å². The molecule has 0 bridgehead atoms. The Labute approximate surface area is 176 Å². The van der Waals surface area contributed by atoms with E-state index in [0.29, 0.717) is 17.8 Å². The summed E-state index contributed by atoms with van der Waals surface area (Å²) < 4.78 is 0. The fraction of sp³-hybridized carbons (Fsp3) is 0.650. The predicted molar refractivity (Wildman–Crippen MR) is 119 cm³/mol. The van der Waals surface area contributed by atoms with E-state index in [1.54, 1.807) is 28.5 Å². The second-order valence-electron chi connectivity index (χ2n) is 6.71. The van der Waals surface area contributed by atoms with Crippen LogP contribution < -0.4 is 5.56 Å². The van der Waals surface area contributed by atoms with E-state index in [4.69, 9.17) is 0 Å². The number of aliphatic hydroxyl groups excluding tert-OH is 1. The molecule has 0 spiro atoms. The van der Waals surface area contributed by atoms with Gasteiger partial charge >= 0.3 is 0 Å². The second-order valence-corrected chi connectivity index (χ2v) is 9.22. The Hall–Kier alpha value is -1.25. The van der Waals surface area contributed by atoms with Crippen molar-refractivity contribution < 1.29 is 9.90 Å². The predicted octanol–water partition coefficient (Wildman–Crippen LogP) is 4.39. The summed E-state index contributed by atoms with van der Waals surface area (Å²) in [6.07, 6.45) is 10.3. The maximum Gasteiger partial charge on any atom is 0.255 e. The van der Waals surface area contributed by atoms with Crippen LogP contribution in [0.25, 0.3) is 0 Å². The number of nitrogens with zero attached hydrogens (tertiary/aromatic N) is 2. The molecule has 2 N–H and O–H groups in total. The van der Waals surface area contributed by atoms with Crippen LogP contribution in [-0.4, -0.2) is 38.7 Å². The first kappa shape index (κ1) is 24.8. The third-order valence-electron chi connectivity index (χ3n) is 4.38. The van der Waals surface area contributed by atoms with Gasteiger partial charge in [0.2, 0.25) is 6.41 Å². The van der Waals surface area contributed by atoms with Crippen LogP contribution in [0.1, 0.15) is 70.2 Å². The molecule has 1 aromatic rings. The Morgan fingerprint density at radius 2 is 2.00 bits per heavy atom. The number of carbonyl (C=O) groups is 1. The van der Waals surface area contributed by atoms with Gasteiger partial charge in [0, 0.05) is 35.6 Å². The van der Waals surface area contributed by atoms with Crippen molar-refractivity contribution in [3.05, 3.63) is 38.5 Å². The fourth-order valence-corrected chi connectivity index (χ4v) is 5.24. The SMILES string of the molecule is CCCCCCCCSS/C(CCO)=C(/C)N(C=O)Cc1cnc(C)[nH]c1=O. The molecule has 0 atom stereocenters. The quantitative estimate of drug-likeness (QED) is 0.245. The summed E-state index contributed by atoms with van der Waals surface area (Å²) in [5.74, 6) is 1.59.